The largest absolute Gasteiger partial charge is 0.497 e. The second kappa shape index (κ2) is 10.8. The van der Waals surface area contributed by atoms with Crippen LogP contribution >= 0.6 is 11.8 Å². The van der Waals surface area contributed by atoms with Gasteiger partial charge in [0.15, 0.2) is 5.82 Å². The van der Waals surface area contributed by atoms with E-state index < -0.39 is 0 Å². The van der Waals surface area contributed by atoms with Crippen LogP contribution in [0.25, 0.3) is 5.57 Å². The molecule has 0 bridgehead atoms. The Hall–Kier alpha value is -3.50. The Morgan fingerprint density at radius 3 is 2.69 bits per heavy atom. The smallest absolute Gasteiger partial charge is 0.291 e. The highest BCUT2D eigenvalue weighted by Gasteiger charge is 2.24. The van der Waals surface area contributed by atoms with Crippen molar-refractivity contribution >= 4 is 28.9 Å². The summed E-state index contributed by atoms with van der Waals surface area (Å²) in [6.45, 7) is 4.47. The van der Waals surface area contributed by atoms with E-state index in [0.29, 0.717) is 0 Å². The number of carbonyl (C=O) groups is 1. The van der Waals surface area contributed by atoms with Crippen LogP contribution in [0.4, 0.5) is 5.69 Å². The Labute approximate surface area is 210 Å². The van der Waals surface area contributed by atoms with Crippen molar-refractivity contribution in [2.24, 2.45) is 0 Å². The van der Waals surface area contributed by atoms with Gasteiger partial charge in [-0.2, -0.15) is 5.26 Å². The molecule has 1 aliphatic carbocycles. The lowest BCUT2D eigenvalue weighted by molar-refractivity contribution is 0.101. The first-order valence-electron chi connectivity index (χ1n) is 11.8. The van der Waals surface area contributed by atoms with Crippen LogP contribution in [-0.4, -0.2) is 23.0 Å². The van der Waals surface area contributed by atoms with Crippen molar-refractivity contribution in [1.29, 1.82) is 5.26 Å². The number of imidazole rings is 1. The highest BCUT2D eigenvalue weighted by molar-refractivity contribution is 7.99. The summed E-state index contributed by atoms with van der Waals surface area (Å²) >= 11 is 1.88. The van der Waals surface area contributed by atoms with E-state index in [9.17, 15) is 4.79 Å². The number of ether oxygens (including phenoxy) is 1. The van der Waals surface area contributed by atoms with Gasteiger partial charge in [-0.1, -0.05) is 24.3 Å². The van der Waals surface area contributed by atoms with Gasteiger partial charge in [0, 0.05) is 21.8 Å². The quantitative estimate of drug-likeness (QED) is 0.371. The molecule has 1 aromatic heterocycles. The predicted octanol–water partition coefficient (Wildman–Crippen LogP) is 6.67. The molecule has 0 atom stereocenters. The summed E-state index contributed by atoms with van der Waals surface area (Å²) in [5.41, 5.74) is 5.80. The number of hydrogen-bond donors (Lipinski definition) is 2. The van der Waals surface area contributed by atoms with Gasteiger partial charge in [-0.05, 0) is 80.5 Å². The van der Waals surface area contributed by atoms with Gasteiger partial charge in [0.2, 0.25) is 0 Å². The molecular formula is C28H30N4O2S. The molecule has 0 saturated heterocycles. The number of anilines is 1. The van der Waals surface area contributed by atoms with Crippen molar-refractivity contribution in [2.75, 3.05) is 12.4 Å². The Balaban J connectivity index is 1.58. The van der Waals surface area contributed by atoms with Crippen molar-refractivity contribution in [3.8, 4) is 11.8 Å². The number of allylic oxidation sites excluding steroid dienone is 2. The van der Waals surface area contributed by atoms with E-state index in [-0.39, 0.29) is 22.2 Å². The number of hydrogen-bond acceptors (Lipinski definition) is 5. The van der Waals surface area contributed by atoms with E-state index in [1.807, 2.05) is 36.0 Å². The van der Waals surface area contributed by atoms with Crippen LogP contribution in [0.2, 0.25) is 0 Å². The standard InChI is InChI=1S/C28H30N4O2S/c1-28(2,35-18-19-9-12-23(34-3)13-10-19)21-11-14-25(24(15-21)20-7-5-4-6-8-20)32-27(33)26-30-17-22(16-29)31-26/h7,9-15,17H,4-6,8,18H2,1-3H3,(H,30,31)(H,32,33). The zero-order valence-electron chi connectivity index (χ0n) is 20.4. The lowest BCUT2D eigenvalue weighted by Gasteiger charge is -2.27. The molecule has 3 aromatic rings. The highest BCUT2D eigenvalue weighted by Crippen LogP contribution is 2.41. The van der Waals surface area contributed by atoms with Crippen LogP contribution in [0.15, 0.2) is 54.7 Å². The highest BCUT2D eigenvalue weighted by atomic mass is 32.2. The number of thioether (sulfide) groups is 1. The zero-order valence-corrected chi connectivity index (χ0v) is 21.2. The number of aromatic amines is 1. The first-order chi connectivity index (χ1) is 16.9. The molecule has 0 aliphatic heterocycles. The minimum absolute atomic E-state index is 0.129. The number of methoxy groups -OCH3 is 1. The fourth-order valence-corrected chi connectivity index (χ4v) is 5.13. The normalized spacial score (nSPS) is 13.6. The first kappa shape index (κ1) is 24.6. The molecule has 0 unspecified atom stereocenters. The Kier molecular flexibility index (Phi) is 7.62. The molecular weight excluding hydrogens is 456 g/mol. The lowest BCUT2D eigenvalue weighted by Crippen LogP contribution is -2.17. The molecule has 1 heterocycles. The van der Waals surface area contributed by atoms with E-state index >= 15 is 0 Å². The monoisotopic (exact) mass is 486 g/mol. The van der Waals surface area contributed by atoms with Crippen molar-refractivity contribution < 1.29 is 9.53 Å². The maximum Gasteiger partial charge on any atom is 0.291 e. The number of rotatable bonds is 8. The van der Waals surface area contributed by atoms with Gasteiger partial charge >= 0.3 is 0 Å². The zero-order chi connectivity index (χ0) is 24.8. The maximum absolute atomic E-state index is 12.8. The topological polar surface area (TPSA) is 90.8 Å². The fourth-order valence-electron chi connectivity index (χ4n) is 4.12. The second-order valence-corrected chi connectivity index (χ2v) is 10.7. The minimum atomic E-state index is -0.356. The van der Waals surface area contributed by atoms with E-state index in [2.05, 4.69) is 59.5 Å². The van der Waals surface area contributed by atoms with Gasteiger partial charge in [0.25, 0.3) is 5.91 Å². The van der Waals surface area contributed by atoms with Crippen LogP contribution in [0.5, 0.6) is 5.75 Å². The van der Waals surface area contributed by atoms with Crippen LogP contribution in [0.3, 0.4) is 0 Å². The summed E-state index contributed by atoms with van der Waals surface area (Å²) in [7, 11) is 1.68. The molecule has 1 aliphatic rings. The summed E-state index contributed by atoms with van der Waals surface area (Å²) in [6, 6.07) is 16.5. The summed E-state index contributed by atoms with van der Waals surface area (Å²) in [5, 5.41) is 12.0. The predicted molar refractivity (Wildman–Crippen MR) is 141 cm³/mol. The summed E-state index contributed by atoms with van der Waals surface area (Å²) in [6.07, 6.45) is 8.03. The van der Waals surface area contributed by atoms with Gasteiger partial charge < -0.3 is 15.0 Å². The van der Waals surface area contributed by atoms with Crippen LogP contribution in [0, 0.1) is 11.3 Å². The average molecular weight is 487 g/mol. The van der Waals surface area contributed by atoms with Crippen molar-refractivity contribution in [3.63, 3.8) is 0 Å². The number of carbonyl (C=O) groups excluding carboxylic acids is 1. The number of H-pyrrole nitrogens is 1. The Morgan fingerprint density at radius 2 is 2.03 bits per heavy atom. The van der Waals surface area contributed by atoms with E-state index in [1.54, 1.807) is 7.11 Å². The number of aromatic nitrogens is 2. The SMILES string of the molecule is COc1ccc(CSC(C)(C)c2ccc(NC(=O)c3ncc(C#N)[nH]3)c(C3=CCCCC3)c2)cc1. The van der Waals surface area contributed by atoms with Gasteiger partial charge in [0.05, 0.1) is 13.3 Å². The number of nitrogens with one attached hydrogen (secondary N) is 2. The Bertz CT molecular complexity index is 1270. The molecule has 1 amide bonds. The van der Waals surface area contributed by atoms with Gasteiger partial charge in [-0.25, -0.2) is 4.98 Å². The van der Waals surface area contributed by atoms with Crippen molar-refractivity contribution in [2.45, 2.75) is 50.0 Å². The van der Waals surface area contributed by atoms with E-state index in [0.717, 1.165) is 42.0 Å². The number of nitriles is 1. The molecule has 0 spiro atoms. The number of amides is 1. The van der Waals surface area contributed by atoms with E-state index in [1.165, 1.54) is 29.3 Å². The molecule has 6 nitrogen and oxygen atoms in total. The van der Waals surface area contributed by atoms with Crippen LogP contribution < -0.4 is 10.1 Å². The first-order valence-corrected chi connectivity index (χ1v) is 12.8. The van der Waals surface area contributed by atoms with Gasteiger partial charge in [-0.3, -0.25) is 4.79 Å². The molecule has 35 heavy (non-hydrogen) atoms. The number of benzene rings is 2. The lowest BCUT2D eigenvalue weighted by atomic mass is 9.89. The summed E-state index contributed by atoms with van der Waals surface area (Å²) in [5.74, 6) is 1.52. The minimum Gasteiger partial charge on any atom is -0.497 e. The third-order valence-electron chi connectivity index (χ3n) is 6.27. The Morgan fingerprint density at radius 1 is 1.23 bits per heavy atom. The van der Waals surface area contributed by atoms with Gasteiger partial charge in [0.1, 0.15) is 17.5 Å². The molecule has 0 fully saturated rings. The second-order valence-electron chi connectivity index (χ2n) is 9.09. The third-order valence-corrected chi connectivity index (χ3v) is 7.71. The summed E-state index contributed by atoms with van der Waals surface area (Å²) in [4.78, 5) is 19.6. The molecule has 2 N–H and O–H groups in total. The van der Waals surface area contributed by atoms with Gasteiger partial charge in [-0.15, -0.1) is 11.8 Å². The van der Waals surface area contributed by atoms with Crippen LogP contribution in [-0.2, 0) is 10.5 Å². The molecule has 180 valence electrons. The average Bonchev–Trinajstić information content (AvgIpc) is 3.38. The molecule has 0 radical (unpaired) electrons. The molecule has 4 rings (SSSR count). The molecule has 7 heteroatoms. The van der Waals surface area contributed by atoms with Crippen molar-refractivity contribution in [1.82, 2.24) is 9.97 Å². The van der Waals surface area contributed by atoms with E-state index in [4.69, 9.17) is 10.00 Å². The number of nitrogens with zero attached hydrogens (tertiary/aromatic N) is 2. The van der Waals surface area contributed by atoms with Crippen LogP contribution in [0.1, 0.15) is 72.5 Å². The third kappa shape index (κ3) is 5.95. The van der Waals surface area contributed by atoms with Crippen molar-refractivity contribution in [3.05, 3.63) is 82.9 Å². The summed E-state index contributed by atoms with van der Waals surface area (Å²) < 4.78 is 5.14. The molecule has 0 saturated carbocycles. The molecule has 2 aromatic carbocycles. The maximum atomic E-state index is 12.8. The fraction of sp³-hybridized carbons (Fsp3) is 0.321.